The normalized spacial score (nSPS) is 23.9. The van der Waals surface area contributed by atoms with E-state index in [1.165, 1.54) is 0 Å². The quantitative estimate of drug-likeness (QED) is 0.745. The average Bonchev–Trinajstić information content (AvgIpc) is 2.93. The van der Waals surface area contributed by atoms with E-state index in [0.717, 1.165) is 5.56 Å². The van der Waals surface area contributed by atoms with Crippen LogP contribution >= 0.6 is 0 Å². The summed E-state index contributed by atoms with van der Waals surface area (Å²) in [5.74, 6) is -6.23. The zero-order chi connectivity index (χ0) is 13.9. The molecule has 0 aromatic heterocycles. The average molecular weight is 270 g/mol. The maximum absolute atomic E-state index is 13.4. The highest BCUT2D eigenvalue weighted by Crippen LogP contribution is 2.55. The lowest BCUT2D eigenvalue weighted by atomic mass is 10.2. The first-order valence-corrected chi connectivity index (χ1v) is 6.23. The predicted molar refractivity (Wildman–Crippen MR) is 64.7 cm³/mol. The van der Waals surface area contributed by atoms with Crippen LogP contribution in [0.15, 0.2) is 30.3 Å². The molecule has 5 heteroatoms. The first kappa shape index (κ1) is 13.9. The lowest BCUT2D eigenvalue weighted by molar-refractivity contribution is -0.147. The van der Waals surface area contributed by atoms with Crippen LogP contribution < -0.4 is 0 Å². The van der Waals surface area contributed by atoms with E-state index < -0.39 is 23.7 Å². The van der Waals surface area contributed by atoms with E-state index in [4.69, 9.17) is 4.74 Å². The molecule has 1 aromatic carbocycles. The molecule has 1 fully saturated rings. The molecule has 0 amide bonds. The summed E-state index contributed by atoms with van der Waals surface area (Å²) in [6, 6.07) is 9.29. The SMILES string of the molecule is CCOC(=O)C1C(COCc2ccccc2)C1(F)F. The number of halogens is 2. The molecule has 2 unspecified atom stereocenters. The molecular formula is C14H16F2O3. The number of alkyl halides is 2. The van der Waals surface area contributed by atoms with Crippen molar-refractivity contribution in [3.63, 3.8) is 0 Å². The molecule has 1 aliphatic carbocycles. The maximum atomic E-state index is 13.4. The summed E-state index contributed by atoms with van der Waals surface area (Å²) in [7, 11) is 0. The van der Waals surface area contributed by atoms with Gasteiger partial charge in [-0.1, -0.05) is 30.3 Å². The summed E-state index contributed by atoms with van der Waals surface area (Å²) in [4.78, 5) is 11.3. The van der Waals surface area contributed by atoms with Crippen molar-refractivity contribution >= 4 is 5.97 Å². The topological polar surface area (TPSA) is 35.5 Å². The number of rotatable bonds is 6. The Hall–Kier alpha value is -1.49. The van der Waals surface area contributed by atoms with E-state index in [1.54, 1.807) is 6.92 Å². The molecule has 0 heterocycles. The van der Waals surface area contributed by atoms with E-state index in [2.05, 4.69) is 4.74 Å². The standard InChI is InChI=1S/C14H16F2O3/c1-2-19-13(17)12-11(14(12,15)16)9-18-8-10-6-4-3-5-7-10/h3-7,11-12H,2,8-9H2,1H3. The molecule has 0 radical (unpaired) electrons. The molecule has 0 bridgehead atoms. The van der Waals surface area contributed by atoms with Crippen LogP contribution in [0, 0.1) is 11.8 Å². The number of carbonyl (C=O) groups is 1. The Bertz CT molecular complexity index is 434. The van der Waals surface area contributed by atoms with Crippen molar-refractivity contribution in [2.75, 3.05) is 13.2 Å². The van der Waals surface area contributed by atoms with Crippen LogP contribution in [0.3, 0.4) is 0 Å². The van der Waals surface area contributed by atoms with Crippen LogP contribution in [0.4, 0.5) is 8.78 Å². The number of hydrogen-bond donors (Lipinski definition) is 0. The highest BCUT2D eigenvalue weighted by Gasteiger charge is 2.72. The largest absolute Gasteiger partial charge is 0.466 e. The van der Waals surface area contributed by atoms with E-state index >= 15 is 0 Å². The van der Waals surface area contributed by atoms with Gasteiger partial charge < -0.3 is 9.47 Å². The van der Waals surface area contributed by atoms with Gasteiger partial charge in [0, 0.05) is 0 Å². The van der Waals surface area contributed by atoms with Gasteiger partial charge in [0.1, 0.15) is 5.92 Å². The van der Waals surface area contributed by atoms with Crippen molar-refractivity contribution < 1.29 is 23.0 Å². The van der Waals surface area contributed by atoms with Gasteiger partial charge in [-0.2, -0.15) is 0 Å². The van der Waals surface area contributed by atoms with Crippen LogP contribution in [0.1, 0.15) is 12.5 Å². The zero-order valence-corrected chi connectivity index (χ0v) is 10.6. The Kier molecular flexibility index (Phi) is 4.14. The minimum Gasteiger partial charge on any atom is -0.466 e. The predicted octanol–water partition coefficient (Wildman–Crippen LogP) is 2.65. The molecule has 0 aliphatic heterocycles. The molecule has 1 aromatic rings. The summed E-state index contributed by atoms with van der Waals surface area (Å²) in [5.41, 5.74) is 0.916. The van der Waals surface area contributed by atoms with Crippen molar-refractivity contribution in [1.82, 2.24) is 0 Å². The first-order chi connectivity index (χ1) is 9.07. The lowest BCUT2D eigenvalue weighted by Crippen LogP contribution is -2.11. The van der Waals surface area contributed by atoms with Crippen LogP contribution in [0.25, 0.3) is 0 Å². The second-order valence-electron chi connectivity index (χ2n) is 4.51. The number of ether oxygens (including phenoxy) is 2. The maximum Gasteiger partial charge on any atom is 0.315 e. The molecular weight excluding hydrogens is 254 g/mol. The van der Waals surface area contributed by atoms with Crippen molar-refractivity contribution in [2.45, 2.75) is 19.5 Å². The minimum atomic E-state index is -3.00. The van der Waals surface area contributed by atoms with E-state index in [0.29, 0.717) is 0 Å². The van der Waals surface area contributed by atoms with Crippen LogP contribution in [-0.4, -0.2) is 25.1 Å². The van der Waals surface area contributed by atoms with Crippen LogP contribution in [0.5, 0.6) is 0 Å². The van der Waals surface area contributed by atoms with Gasteiger partial charge in [0.2, 0.25) is 0 Å². The molecule has 3 nitrogen and oxygen atoms in total. The van der Waals surface area contributed by atoms with Gasteiger partial charge >= 0.3 is 5.97 Å². The molecule has 1 aliphatic rings. The first-order valence-electron chi connectivity index (χ1n) is 6.23. The smallest absolute Gasteiger partial charge is 0.315 e. The van der Waals surface area contributed by atoms with E-state index in [1.807, 2.05) is 30.3 Å². The van der Waals surface area contributed by atoms with Crippen molar-refractivity contribution in [2.24, 2.45) is 11.8 Å². The van der Waals surface area contributed by atoms with Crippen LogP contribution in [0.2, 0.25) is 0 Å². The van der Waals surface area contributed by atoms with Gasteiger partial charge in [0.15, 0.2) is 0 Å². The summed E-state index contributed by atoms with van der Waals surface area (Å²) in [6.45, 7) is 1.84. The number of benzene rings is 1. The van der Waals surface area contributed by atoms with Crippen molar-refractivity contribution in [1.29, 1.82) is 0 Å². The molecule has 104 valence electrons. The number of hydrogen-bond acceptors (Lipinski definition) is 3. The fraction of sp³-hybridized carbons (Fsp3) is 0.500. The summed E-state index contributed by atoms with van der Waals surface area (Å²) >= 11 is 0. The third kappa shape index (κ3) is 3.10. The lowest BCUT2D eigenvalue weighted by Gasteiger charge is -2.03. The monoisotopic (exact) mass is 270 g/mol. The third-order valence-electron chi connectivity index (χ3n) is 3.15. The van der Waals surface area contributed by atoms with Crippen molar-refractivity contribution in [3.8, 4) is 0 Å². The third-order valence-corrected chi connectivity index (χ3v) is 3.15. The highest BCUT2D eigenvalue weighted by molar-refractivity contribution is 5.78. The summed E-state index contributed by atoms with van der Waals surface area (Å²) in [6.07, 6.45) is 0. The van der Waals surface area contributed by atoms with Gasteiger partial charge in [-0.25, -0.2) is 8.78 Å². The molecule has 0 N–H and O–H groups in total. The number of carbonyl (C=O) groups excluding carboxylic acids is 1. The zero-order valence-electron chi connectivity index (χ0n) is 10.6. The molecule has 19 heavy (non-hydrogen) atoms. The molecule has 2 rings (SSSR count). The summed E-state index contributed by atoms with van der Waals surface area (Å²) < 4.78 is 36.6. The van der Waals surface area contributed by atoms with Gasteiger partial charge in [-0.05, 0) is 12.5 Å². The molecule has 0 spiro atoms. The Morgan fingerprint density at radius 3 is 2.63 bits per heavy atom. The minimum absolute atomic E-state index is 0.114. The van der Waals surface area contributed by atoms with Gasteiger partial charge in [0.25, 0.3) is 5.92 Å². The fourth-order valence-corrected chi connectivity index (χ4v) is 2.03. The number of esters is 1. The van der Waals surface area contributed by atoms with Crippen molar-refractivity contribution in [3.05, 3.63) is 35.9 Å². The molecule has 0 saturated heterocycles. The second-order valence-corrected chi connectivity index (χ2v) is 4.51. The molecule has 2 atom stereocenters. The fourth-order valence-electron chi connectivity index (χ4n) is 2.03. The van der Waals surface area contributed by atoms with Gasteiger partial charge in [0.05, 0.1) is 25.7 Å². The Labute approximate surface area is 110 Å². The molecule has 1 saturated carbocycles. The second kappa shape index (κ2) is 5.65. The summed E-state index contributed by atoms with van der Waals surface area (Å²) in [5, 5.41) is 0. The van der Waals surface area contributed by atoms with E-state index in [9.17, 15) is 13.6 Å². The Balaban J connectivity index is 1.79. The highest BCUT2D eigenvalue weighted by atomic mass is 19.3. The van der Waals surface area contributed by atoms with E-state index in [-0.39, 0.29) is 19.8 Å². The van der Waals surface area contributed by atoms with Gasteiger partial charge in [-0.3, -0.25) is 4.79 Å². The Morgan fingerprint density at radius 1 is 1.32 bits per heavy atom. The van der Waals surface area contributed by atoms with Gasteiger partial charge in [-0.15, -0.1) is 0 Å². The van der Waals surface area contributed by atoms with Crippen LogP contribution in [-0.2, 0) is 20.9 Å². The Morgan fingerprint density at radius 2 is 2.00 bits per heavy atom.